The topological polar surface area (TPSA) is 96.3 Å². The van der Waals surface area contributed by atoms with Gasteiger partial charge >= 0.3 is 11.9 Å². The molecular weight excluding hydrogens is 326 g/mol. The zero-order valence-corrected chi connectivity index (χ0v) is 15.2. The van der Waals surface area contributed by atoms with Crippen LogP contribution in [-0.2, 0) is 19.1 Å². The minimum absolute atomic E-state index is 0.0205. The molecule has 0 radical (unpaired) electrons. The third-order valence-electron chi connectivity index (χ3n) is 5.96. The Morgan fingerprint density at radius 1 is 1.28 bits per heavy atom. The molecule has 5 atom stereocenters. The third kappa shape index (κ3) is 2.78. The first-order chi connectivity index (χ1) is 11.6. The van der Waals surface area contributed by atoms with Crippen LogP contribution in [0.5, 0.6) is 0 Å². The van der Waals surface area contributed by atoms with Gasteiger partial charge in [0, 0.05) is 13.1 Å². The molecule has 0 aliphatic carbocycles. The molecule has 2 saturated heterocycles. The number of esters is 2. The predicted octanol–water partition coefficient (Wildman–Crippen LogP) is 0.244. The van der Waals surface area contributed by atoms with Gasteiger partial charge in [0.15, 0.2) is 5.60 Å². The minimum Gasteiger partial charge on any atom is -0.460 e. The standard InChI is InChI=1S/C18H27NO6/c1-10(2)13-15(20)25-12-6-8-19-7-5-11(14(12)19)9-24-16(21)18(4,23)17(13,3)22/h5,10,12-14,22-23H,6-9H2,1-4H3/t12-,13+,14-,17-,18+/m0/s1. The Morgan fingerprint density at radius 3 is 2.60 bits per heavy atom. The molecule has 0 aromatic carbocycles. The highest BCUT2D eigenvalue weighted by atomic mass is 16.6. The fourth-order valence-corrected chi connectivity index (χ4v) is 4.30. The molecule has 0 saturated carbocycles. The molecule has 0 aromatic heterocycles. The summed E-state index contributed by atoms with van der Waals surface area (Å²) in [4.78, 5) is 27.6. The molecule has 3 aliphatic heterocycles. The molecule has 2 N–H and O–H groups in total. The first-order valence-electron chi connectivity index (χ1n) is 8.82. The van der Waals surface area contributed by atoms with Gasteiger partial charge in [0.1, 0.15) is 18.3 Å². The SMILES string of the molecule is CC(C)[C@@H]1C(=O)O[C@H]2CCN3CC=C(COC(=O)[C@@](C)(O)[C@@]1(C)O)[C@@H]23. The molecule has 7 nitrogen and oxygen atoms in total. The number of ether oxygens (including phenoxy) is 2. The van der Waals surface area contributed by atoms with E-state index in [0.717, 1.165) is 18.7 Å². The number of rotatable bonds is 1. The number of nitrogens with zero attached hydrogens (tertiary/aromatic N) is 1. The van der Waals surface area contributed by atoms with Gasteiger partial charge in [-0.2, -0.15) is 0 Å². The van der Waals surface area contributed by atoms with Crippen LogP contribution < -0.4 is 0 Å². The molecule has 25 heavy (non-hydrogen) atoms. The van der Waals surface area contributed by atoms with Crippen molar-refractivity contribution in [3.05, 3.63) is 11.6 Å². The van der Waals surface area contributed by atoms with Crippen LogP contribution in [0.4, 0.5) is 0 Å². The van der Waals surface area contributed by atoms with Gasteiger partial charge in [-0.05, 0) is 31.8 Å². The molecule has 0 amide bonds. The summed E-state index contributed by atoms with van der Waals surface area (Å²) in [6, 6.07) is -0.0995. The summed E-state index contributed by atoms with van der Waals surface area (Å²) in [5, 5.41) is 21.7. The number of carbonyl (C=O) groups excluding carboxylic acids is 2. The predicted molar refractivity (Wildman–Crippen MR) is 88.5 cm³/mol. The second-order valence-corrected chi connectivity index (χ2v) is 8.00. The lowest BCUT2D eigenvalue weighted by molar-refractivity contribution is -0.210. The second-order valence-electron chi connectivity index (χ2n) is 8.00. The van der Waals surface area contributed by atoms with Crippen LogP contribution in [0.3, 0.4) is 0 Å². The smallest absolute Gasteiger partial charge is 0.341 e. The molecule has 3 rings (SSSR count). The third-order valence-corrected chi connectivity index (χ3v) is 5.96. The Morgan fingerprint density at radius 2 is 1.96 bits per heavy atom. The van der Waals surface area contributed by atoms with Crippen molar-refractivity contribution in [3.8, 4) is 0 Å². The molecule has 140 valence electrons. The van der Waals surface area contributed by atoms with Crippen molar-refractivity contribution < 1.29 is 29.3 Å². The van der Waals surface area contributed by atoms with E-state index in [-0.39, 0.29) is 24.7 Å². The van der Waals surface area contributed by atoms with Gasteiger partial charge in [-0.3, -0.25) is 9.69 Å². The molecule has 3 heterocycles. The van der Waals surface area contributed by atoms with Crippen LogP contribution >= 0.6 is 0 Å². The Kier molecular flexibility index (Phi) is 4.46. The van der Waals surface area contributed by atoms with Crippen molar-refractivity contribution in [2.75, 3.05) is 19.7 Å². The average Bonchev–Trinajstić information content (AvgIpc) is 3.06. The van der Waals surface area contributed by atoms with Crippen LogP contribution in [0.2, 0.25) is 0 Å². The summed E-state index contributed by atoms with van der Waals surface area (Å²) in [7, 11) is 0. The van der Waals surface area contributed by atoms with Crippen molar-refractivity contribution in [3.63, 3.8) is 0 Å². The highest BCUT2D eigenvalue weighted by Crippen LogP contribution is 2.39. The highest BCUT2D eigenvalue weighted by Gasteiger charge is 2.58. The van der Waals surface area contributed by atoms with E-state index in [0.29, 0.717) is 6.42 Å². The van der Waals surface area contributed by atoms with E-state index in [1.807, 2.05) is 6.08 Å². The molecule has 3 aliphatic rings. The van der Waals surface area contributed by atoms with Crippen molar-refractivity contribution in [2.45, 2.75) is 57.5 Å². The average molecular weight is 353 g/mol. The van der Waals surface area contributed by atoms with Crippen LogP contribution in [0.1, 0.15) is 34.1 Å². The maximum atomic E-state index is 12.9. The monoisotopic (exact) mass is 353 g/mol. The summed E-state index contributed by atoms with van der Waals surface area (Å²) in [6.45, 7) is 7.54. The molecule has 7 heteroatoms. The van der Waals surface area contributed by atoms with E-state index >= 15 is 0 Å². The van der Waals surface area contributed by atoms with Gasteiger partial charge in [-0.1, -0.05) is 19.9 Å². The van der Waals surface area contributed by atoms with E-state index < -0.39 is 29.1 Å². The van der Waals surface area contributed by atoms with Crippen LogP contribution in [0.25, 0.3) is 0 Å². The summed E-state index contributed by atoms with van der Waals surface area (Å²) in [5.74, 6) is -2.92. The van der Waals surface area contributed by atoms with Gasteiger partial charge in [-0.15, -0.1) is 0 Å². The van der Waals surface area contributed by atoms with Crippen molar-refractivity contribution in [2.24, 2.45) is 11.8 Å². The Balaban J connectivity index is 2.02. The molecule has 0 bridgehead atoms. The van der Waals surface area contributed by atoms with Gasteiger partial charge in [0.2, 0.25) is 0 Å². The fourth-order valence-electron chi connectivity index (χ4n) is 4.30. The van der Waals surface area contributed by atoms with E-state index in [9.17, 15) is 19.8 Å². The van der Waals surface area contributed by atoms with Crippen LogP contribution in [0, 0.1) is 11.8 Å². The Hall–Kier alpha value is -1.44. The molecule has 0 spiro atoms. The Bertz CT molecular complexity index is 609. The molecule has 0 unspecified atom stereocenters. The zero-order valence-electron chi connectivity index (χ0n) is 15.2. The molecular formula is C18H27NO6. The second kappa shape index (κ2) is 6.07. The number of carbonyl (C=O) groups is 2. The first kappa shape index (κ1) is 18.4. The van der Waals surface area contributed by atoms with Gasteiger partial charge in [0.25, 0.3) is 0 Å². The lowest BCUT2D eigenvalue weighted by Crippen LogP contribution is -2.63. The fraction of sp³-hybridized carbons (Fsp3) is 0.778. The summed E-state index contributed by atoms with van der Waals surface area (Å²) in [5.41, 5.74) is -3.39. The normalized spacial score (nSPS) is 42.5. The number of aliphatic hydroxyl groups is 2. The van der Waals surface area contributed by atoms with Crippen molar-refractivity contribution >= 4 is 11.9 Å². The number of hydrogen-bond acceptors (Lipinski definition) is 7. The van der Waals surface area contributed by atoms with Gasteiger partial charge in [0.05, 0.1) is 12.0 Å². The van der Waals surface area contributed by atoms with Gasteiger partial charge < -0.3 is 19.7 Å². The number of hydrogen-bond donors (Lipinski definition) is 2. The van der Waals surface area contributed by atoms with Gasteiger partial charge in [-0.25, -0.2) is 4.79 Å². The van der Waals surface area contributed by atoms with E-state index in [1.54, 1.807) is 13.8 Å². The quantitative estimate of drug-likeness (QED) is 0.515. The molecule has 0 aromatic rings. The maximum absolute atomic E-state index is 12.9. The lowest BCUT2D eigenvalue weighted by atomic mass is 9.71. The molecule has 2 fully saturated rings. The van der Waals surface area contributed by atoms with Crippen LogP contribution in [-0.4, -0.2) is 70.1 Å². The van der Waals surface area contributed by atoms with Crippen molar-refractivity contribution in [1.29, 1.82) is 0 Å². The highest BCUT2D eigenvalue weighted by molar-refractivity contribution is 5.84. The van der Waals surface area contributed by atoms with E-state index in [2.05, 4.69) is 4.90 Å². The maximum Gasteiger partial charge on any atom is 0.341 e. The zero-order chi connectivity index (χ0) is 18.6. The van der Waals surface area contributed by atoms with Crippen molar-refractivity contribution in [1.82, 2.24) is 4.90 Å². The van der Waals surface area contributed by atoms with E-state index in [4.69, 9.17) is 9.47 Å². The summed E-state index contributed by atoms with van der Waals surface area (Å²) in [6.07, 6.45) is 2.34. The van der Waals surface area contributed by atoms with Crippen LogP contribution in [0.15, 0.2) is 11.6 Å². The minimum atomic E-state index is -2.24. The Labute approximate surface area is 147 Å². The first-order valence-corrected chi connectivity index (χ1v) is 8.82. The van der Waals surface area contributed by atoms with E-state index in [1.165, 1.54) is 13.8 Å². The largest absolute Gasteiger partial charge is 0.460 e. The number of cyclic esters (lactones) is 1. The lowest BCUT2D eigenvalue weighted by Gasteiger charge is -2.42. The summed E-state index contributed by atoms with van der Waals surface area (Å²) >= 11 is 0. The summed E-state index contributed by atoms with van der Waals surface area (Å²) < 4.78 is 11.1.